The van der Waals surface area contributed by atoms with Crippen LogP contribution in [0, 0.1) is 11.3 Å². The highest BCUT2D eigenvalue weighted by atomic mass is 14.4. The third kappa shape index (κ3) is 1.84. The van der Waals surface area contributed by atoms with E-state index in [9.17, 15) is 0 Å². The van der Waals surface area contributed by atoms with Gasteiger partial charge in [0, 0.05) is 0 Å². The van der Waals surface area contributed by atoms with E-state index in [-0.39, 0.29) is 0 Å². The molecule has 0 aromatic heterocycles. The summed E-state index contributed by atoms with van der Waals surface area (Å²) in [4.78, 5) is 0. The third-order valence-electron chi connectivity index (χ3n) is 4.09. The molecule has 0 bridgehead atoms. The van der Waals surface area contributed by atoms with Crippen LogP contribution in [-0.2, 0) is 0 Å². The molecule has 1 rings (SSSR count). The molecule has 0 aliphatic heterocycles. The summed E-state index contributed by atoms with van der Waals surface area (Å²) in [6, 6.07) is 0. The SMILES string of the molecule is CCCC[C@@]1(CC)CCCC1C. The molecule has 0 spiro atoms. The van der Waals surface area contributed by atoms with Crippen molar-refractivity contribution in [2.75, 3.05) is 0 Å². The van der Waals surface area contributed by atoms with Crippen LogP contribution in [0.4, 0.5) is 0 Å². The normalized spacial score (nSPS) is 35.8. The maximum atomic E-state index is 2.46. The lowest BCUT2D eigenvalue weighted by Gasteiger charge is -2.32. The standard InChI is InChI=1S/C12H24/c1-4-6-9-12(5-2)10-7-8-11(12)3/h11H,4-10H2,1-3H3/t11?,12-/m0/s1. The predicted molar refractivity (Wildman–Crippen MR) is 55.3 cm³/mol. The minimum atomic E-state index is 0.746. The van der Waals surface area contributed by atoms with Gasteiger partial charge in [0.25, 0.3) is 0 Å². The average molecular weight is 168 g/mol. The van der Waals surface area contributed by atoms with Gasteiger partial charge in [-0.05, 0) is 24.2 Å². The lowest BCUT2D eigenvalue weighted by atomic mass is 9.73. The second-order valence-electron chi connectivity index (χ2n) is 4.61. The molecule has 0 heterocycles. The summed E-state index contributed by atoms with van der Waals surface area (Å²) in [5, 5.41) is 0. The van der Waals surface area contributed by atoms with Gasteiger partial charge in [-0.3, -0.25) is 0 Å². The van der Waals surface area contributed by atoms with Crippen LogP contribution in [0.5, 0.6) is 0 Å². The predicted octanol–water partition coefficient (Wildman–Crippen LogP) is 4.39. The molecule has 1 aliphatic rings. The number of hydrogen-bond acceptors (Lipinski definition) is 0. The van der Waals surface area contributed by atoms with Gasteiger partial charge in [-0.1, -0.05) is 52.9 Å². The Bertz CT molecular complexity index is 128. The molecular weight excluding hydrogens is 144 g/mol. The Labute approximate surface area is 77.7 Å². The van der Waals surface area contributed by atoms with Crippen LogP contribution in [0.25, 0.3) is 0 Å². The zero-order valence-electron chi connectivity index (χ0n) is 9.03. The molecule has 2 atom stereocenters. The van der Waals surface area contributed by atoms with Gasteiger partial charge in [0.1, 0.15) is 0 Å². The molecule has 0 aromatic rings. The van der Waals surface area contributed by atoms with Gasteiger partial charge < -0.3 is 0 Å². The minimum Gasteiger partial charge on any atom is -0.0654 e. The summed E-state index contributed by atoms with van der Waals surface area (Å²) >= 11 is 0. The third-order valence-corrected chi connectivity index (χ3v) is 4.09. The highest BCUT2D eigenvalue weighted by molar-refractivity contribution is 4.88. The maximum Gasteiger partial charge on any atom is -0.0274 e. The van der Waals surface area contributed by atoms with Gasteiger partial charge >= 0.3 is 0 Å². The second-order valence-corrected chi connectivity index (χ2v) is 4.61. The van der Waals surface area contributed by atoms with Crippen molar-refractivity contribution < 1.29 is 0 Å². The Morgan fingerprint density at radius 2 is 2.08 bits per heavy atom. The number of rotatable bonds is 4. The van der Waals surface area contributed by atoms with E-state index < -0.39 is 0 Å². The molecule has 0 radical (unpaired) electrons. The summed E-state index contributed by atoms with van der Waals surface area (Å²) in [5.74, 6) is 0.994. The fraction of sp³-hybridized carbons (Fsp3) is 1.00. The van der Waals surface area contributed by atoms with Crippen molar-refractivity contribution in [3.05, 3.63) is 0 Å². The van der Waals surface area contributed by atoms with Gasteiger partial charge in [0.05, 0.1) is 0 Å². The monoisotopic (exact) mass is 168 g/mol. The zero-order chi connectivity index (χ0) is 9.03. The fourth-order valence-electron chi connectivity index (χ4n) is 2.92. The molecule has 1 saturated carbocycles. The molecule has 0 heteroatoms. The Morgan fingerprint density at radius 1 is 1.33 bits per heavy atom. The van der Waals surface area contributed by atoms with Crippen molar-refractivity contribution in [3.63, 3.8) is 0 Å². The summed E-state index contributed by atoms with van der Waals surface area (Å²) in [7, 11) is 0. The number of unbranched alkanes of at least 4 members (excludes halogenated alkanes) is 1. The highest BCUT2D eigenvalue weighted by Crippen LogP contribution is 2.49. The molecule has 0 saturated heterocycles. The summed E-state index contributed by atoms with van der Waals surface area (Å²) in [6.07, 6.45) is 10.2. The van der Waals surface area contributed by atoms with Gasteiger partial charge in [-0.15, -0.1) is 0 Å². The van der Waals surface area contributed by atoms with Crippen molar-refractivity contribution in [1.29, 1.82) is 0 Å². The Morgan fingerprint density at radius 3 is 2.50 bits per heavy atom. The van der Waals surface area contributed by atoms with Crippen LogP contribution < -0.4 is 0 Å². The van der Waals surface area contributed by atoms with Crippen LogP contribution in [0.1, 0.15) is 65.7 Å². The highest BCUT2D eigenvalue weighted by Gasteiger charge is 2.37. The van der Waals surface area contributed by atoms with Gasteiger partial charge in [0.2, 0.25) is 0 Å². The Balaban J connectivity index is 2.49. The lowest BCUT2D eigenvalue weighted by molar-refractivity contribution is 0.181. The molecule has 12 heavy (non-hydrogen) atoms. The van der Waals surface area contributed by atoms with Gasteiger partial charge in [0.15, 0.2) is 0 Å². The number of hydrogen-bond donors (Lipinski definition) is 0. The van der Waals surface area contributed by atoms with Crippen LogP contribution in [-0.4, -0.2) is 0 Å². The largest absolute Gasteiger partial charge is 0.0654 e. The minimum absolute atomic E-state index is 0.746. The van der Waals surface area contributed by atoms with Crippen molar-refractivity contribution in [2.24, 2.45) is 11.3 Å². The Kier molecular flexibility index (Phi) is 3.61. The Hall–Kier alpha value is 0. The quantitative estimate of drug-likeness (QED) is 0.584. The van der Waals surface area contributed by atoms with Crippen LogP contribution >= 0.6 is 0 Å². The molecular formula is C12H24. The van der Waals surface area contributed by atoms with Crippen molar-refractivity contribution in [1.82, 2.24) is 0 Å². The van der Waals surface area contributed by atoms with Gasteiger partial charge in [-0.2, -0.15) is 0 Å². The lowest BCUT2D eigenvalue weighted by Crippen LogP contribution is -2.22. The smallest absolute Gasteiger partial charge is 0.0274 e. The van der Waals surface area contributed by atoms with E-state index in [1.165, 1.54) is 44.9 Å². The van der Waals surface area contributed by atoms with Crippen LogP contribution in [0.15, 0.2) is 0 Å². The molecule has 0 N–H and O–H groups in total. The first-order valence-corrected chi connectivity index (χ1v) is 5.75. The molecule has 0 nitrogen and oxygen atoms in total. The molecule has 0 amide bonds. The first kappa shape index (κ1) is 10.1. The van der Waals surface area contributed by atoms with E-state index in [0.29, 0.717) is 0 Å². The van der Waals surface area contributed by atoms with Crippen molar-refractivity contribution in [3.8, 4) is 0 Å². The first-order valence-electron chi connectivity index (χ1n) is 5.75. The summed E-state index contributed by atoms with van der Waals surface area (Å²) < 4.78 is 0. The first-order chi connectivity index (χ1) is 5.75. The fourth-order valence-corrected chi connectivity index (χ4v) is 2.92. The van der Waals surface area contributed by atoms with Crippen molar-refractivity contribution >= 4 is 0 Å². The van der Waals surface area contributed by atoms with E-state index in [1.54, 1.807) is 0 Å². The molecule has 1 unspecified atom stereocenters. The molecule has 1 aliphatic carbocycles. The molecule has 0 aromatic carbocycles. The van der Waals surface area contributed by atoms with E-state index in [1.807, 2.05) is 0 Å². The van der Waals surface area contributed by atoms with Crippen LogP contribution in [0.3, 0.4) is 0 Å². The van der Waals surface area contributed by atoms with E-state index >= 15 is 0 Å². The topological polar surface area (TPSA) is 0 Å². The van der Waals surface area contributed by atoms with Gasteiger partial charge in [-0.25, -0.2) is 0 Å². The summed E-state index contributed by atoms with van der Waals surface area (Å²) in [6.45, 7) is 7.16. The molecule has 1 fully saturated rings. The van der Waals surface area contributed by atoms with E-state index in [2.05, 4.69) is 20.8 Å². The van der Waals surface area contributed by atoms with E-state index in [4.69, 9.17) is 0 Å². The van der Waals surface area contributed by atoms with Crippen LogP contribution in [0.2, 0.25) is 0 Å². The second kappa shape index (κ2) is 4.30. The van der Waals surface area contributed by atoms with Crippen molar-refractivity contribution in [2.45, 2.75) is 65.7 Å². The summed E-state index contributed by atoms with van der Waals surface area (Å²) in [5.41, 5.74) is 0.746. The zero-order valence-corrected chi connectivity index (χ0v) is 9.03. The molecule has 72 valence electrons. The maximum absolute atomic E-state index is 2.46. The average Bonchev–Trinajstić information content (AvgIpc) is 2.45. The van der Waals surface area contributed by atoms with E-state index in [0.717, 1.165) is 11.3 Å².